The van der Waals surface area contributed by atoms with Crippen molar-refractivity contribution in [3.05, 3.63) is 16.4 Å². The largest absolute Gasteiger partial charge is 0.326 e. The second-order valence-corrected chi connectivity index (χ2v) is 8.86. The standard InChI is InChI=1S/C14H24ClN3S2/c1-5-18-12(14(15)8(2)17-18)6-11(16)13-7-19-9(3)10(4)20-13/h9-11,13H,5-7,16H2,1-4H3. The Morgan fingerprint density at radius 3 is 2.75 bits per heavy atom. The van der Waals surface area contributed by atoms with Crippen molar-refractivity contribution in [3.63, 3.8) is 0 Å². The Morgan fingerprint density at radius 1 is 1.45 bits per heavy atom. The maximum atomic E-state index is 6.46. The van der Waals surface area contributed by atoms with E-state index in [2.05, 4.69) is 25.9 Å². The third-order valence-corrected chi connectivity index (χ3v) is 8.00. The zero-order valence-corrected chi connectivity index (χ0v) is 15.0. The van der Waals surface area contributed by atoms with Crippen molar-refractivity contribution in [3.8, 4) is 0 Å². The van der Waals surface area contributed by atoms with Gasteiger partial charge in [0.2, 0.25) is 0 Å². The van der Waals surface area contributed by atoms with Gasteiger partial charge >= 0.3 is 0 Å². The maximum Gasteiger partial charge on any atom is 0.0847 e. The van der Waals surface area contributed by atoms with Gasteiger partial charge in [-0.2, -0.15) is 28.6 Å². The Labute approximate surface area is 135 Å². The minimum Gasteiger partial charge on any atom is -0.326 e. The summed E-state index contributed by atoms with van der Waals surface area (Å²) in [6.45, 7) is 9.49. The topological polar surface area (TPSA) is 43.8 Å². The first-order chi connectivity index (χ1) is 9.43. The number of hydrogen-bond donors (Lipinski definition) is 1. The number of aryl methyl sites for hydroxylation is 2. The number of halogens is 1. The summed E-state index contributed by atoms with van der Waals surface area (Å²) in [5.74, 6) is 1.13. The highest BCUT2D eigenvalue weighted by molar-refractivity contribution is 8.07. The van der Waals surface area contributed by atoms with Crippen LogP contribution >= 0.6 is 35.1 Å². The molecular formula is C14H24ClN3S2. The first-order valence-electron chi connectivity index (χ1n) is 7.18. The molecule has 1 aliphatic rings. The second-order valence-electron chi connectivity index (χ2n) is 5.45. The molecule has 4 unspecified atom stereocenters. The fourth-order valence-corrected chi connectivity index (χ4v) is 5.72. The van der Waals surface area contributed by atoms with Crippen LogP contribution in [0.15, 0.2) is 0 Å². The molecule has 2 N–H and O–H groups in total. The van der Waals surface area contributed by atoms with Gasteiger partial charge in [-0.05, 0) is 13.8 Å². The number of rotatable bonds is 4. The summed E-state index contributed by atoms with van der Waals surface area (Å²) >= 11 is 10.4. The lowest BCUT2D eigenvalue weighted by Gasteiger charge is -2.34. The molecule has 1 saturated heterocycles. The Balaban J connectivity index is 2.06. The van der Waals surface area contributed by atoms with Crippen molar-refractivity contribution >= 4 is 35.1 Å². The molecule has 1 aromatic heterocycles. The average molecular weight is 334 g/mol. The van der Waals surface area contributed by atoms with Gasteiger partial charge in [0.05, 0.1) is 16.4 Å². The molecule has 0 bridgehead atoms. The molecule has 2 rings (SSSR count). The molecule has 0 amide bonds. The van der Waals surface area contributed by atoms with Crippen molar-refractivity contribution in [1.29, 1.82) is 0 Å². The van der Waals surface area contributed by atoms with Crippen molar-refractivity contribution in [2.24, 2.45) is 5.73 Å². The fraction of sp³-hybridized carbons (Fsp3) is 0.786. The van der Waals surface area contributed by atoms with Crippen LogP contribution in [0.25, 0.3) is 0 Å². The molecule has 1 aliphatic heterocycles. The number of aromatic nitrogens is 2. The van der Waals surface area contributed by atoms with Crippen LogP contribution in [0, 0.1) is 6.92 Å². The van der Waals surface area contributed by atoms with E-state index in [1.807, 2.05) is 35.1 Å². The highest BCUT2D eigenvalue weighted by atomic mass is 35.5. The van der Waals surface area contributed by atoms with Crippen molar-refractivity contribution in [2.45, 2.75) is 62.5 Å². The molecule has 3 nitrogen and oxygen atoms in total. The summed E-state index contributed by atoms with van der Waals surface area (Å²) in [5.41, 5.74) is 8.46. The summed E-state index contributed by atoms with van der Waals surface area (Å²) in [4.78, 5) is 0. The van der Waals surface area contributed by atoms with Gasteiger partial charge in [0.1, 0.15) is 0 Å². The highest BCUT2D eigenvalue weighted by Gasteiger charge is 2.30. The van der Waals surface area contributed by atoms with Gasteiger partial charge in [0.15, 0.2) is 0 Å². The van der Waals surface area contributed by atoms with Gasteiger partial charge in [0.25, 0.3) is 0 Å². The lowest BCUT2D eigenvalue weighted by Crippen LogP contribution is -2.41. The van der Waals surface area contributed by atoms with Gasteiger partial charge in [-0.3, -0.25) is 4.68 Å². The van der Waals surface area contributed by atoms with Crippen LogP contribution in [0.1, 0.15) is 32.2 Å². The molecule has 1 aromatic rings. The summed E-state index contributed by atoms with van der Waals surface area (Å²) in [6.07, 6.45) is 0.812. The normalized spacial score (nSPS) is 28.6. The van der Waals surface area contributed by atoms with E-state index >= 15 is 0 Å². The van der Waals surface area contributed by atoms with Crippen LogP contribution in [0.2, 0.25) is 5.02 Å². The SMILES string of the molecule is CCn1nc(C)c(Cl)c1CC(N)C1CSC(C)C(C)S1. The third-order valence-electron chi connectivity index (χ3n) is 3.93. The Hall–Kier alpha value is 0.160. The monoisotopic (exact) mass is 333 g/mol. The third kappa shape index (κ3) is 3.49. The zero-order valence-electron chi connectivity index (χ0n) is 12.6. The molecule has 0 radical (unpaired) electrons. The first-order valence-corrected chi connectivity index (χ1v) is 9.55. The molecule has 20 heavy (non-hydrogen) atoms. The molecule has 6 heteroatoms. The Bertz CT molecular complexity index is 464. The van der Waals surface area contributed by atoms with E-state index in [0.29, 0.717) is 10.5 Å². The van der Waals surface area contributed by atoms with Crippen molar-refractivity contribution in [2.75, 3.05) is 5.75 Å². The zero-order chi connectivity index (χ0) is 14.9. The number of hydrogen-bond acceptors (Lipinski definition) is 4. The number of nitrogens with zero attached hydrogens (tertiary/aromatic N) is 2. The number of nitrogens with two attached hydrogens (primary N) is 1. The number of thioether (sulfide) groups is 2. The van der Waals surface area contributed by atoms with Gasteiger partial charge in [-0.15, -0.1) is 0 Å². The Morgan fingerprint density at radius 2 is 2.15 bits per heavy atom. The van der Waals surface area contributed by atoms with Crippen LogP contribution in [0.5, 0.6) is 0 Å². The summed E-state index contributed by atoms with van der Waals surface area (Å²) < 4.78 is 1.99. The molecule has 0 aliphatic carbocycles. The highest BCUT2D eigenvalue weighted by Crippen LogP contribution is 2.37. The van der Waals surface area contributed by atoms with Gasteiger partial charge in [-0.25, -0.2) is 0 Å². The van der Waals surface area contributed by atoms with E-state index in [1.54, 1.807) is 0 Å². The molecule has 114 valence electrons. The quantitative estimate of drug-likeness (QED) is 0.917. The van der Waals surface area contributed by atoms with Crippen molar-refractivity contribution < 1.29 is 0 Å². The summed E-state index contributed by atoms with van der Waals surface area (Å²) in [7, 11) is 0. The van der Waals surface area contributed by atoms with E-state index < -0.39 is 0 Å². The van der Waals surface area contributed by atoms with Crippen LogP contribution < -0.4 is 5.73 Å². The minimum absolute atomic E-state index is 0.140. The summed E-state index contributed by atoms with van der Waals surface area (Å²) in [6, 6.07) is 0.140. The van der Waals surface area contributed by atoms with Gasteiger partial charge < -0.3 is 5.73 Å². The molecule has 0 spiro atoms. The predicted octanol–water partition coefficient (Wildman–Crippen LogP) is 3.36. The van der Waals surface area contributed by atoms with Crippen molar-refractivity contribution in [1.82, 2.24) is 9.78 Å². The second kappa shape index (κ2) is 6.95. The van der Waals surface area contributed by atoms with E-state index in [0.717, 1.165) is 40.4 Å². The van der Waals surface area contributed by atoms with Gasteiger partial charge in [0, 0.05) is 40.5 Å². The van der Waals surface area contributed by atoms with E-state index in [4.69, 9.17) is 17.3 Å². The van der Waals surface area contributed by atoms with E-state index in [-0.39, 0.29) is 6.04 Å². The van der Waals surface area contributed by atoms with Gasteiger partial charge in [-0.1, -0.05) is 25.4 Å². The average Bonchev–Trinajstić information content (AvgIpc) is 2.69. The Kier molecular flexibility index (Phi) is 5.74. The molecule has 0 saturated carbocycles. The van der Waals surface area contributed by atoms with E-state index in [1.165, 1.54) is 0 Å². The smallest absolute Gasteiger partial charge is 0.0847 e. The van der Waals surface area contributed by atoms with E-state index in [9.17, 15) is 0 Å². The van der Waals surface area contributed by atoms with Crippen LogP contribution in [-0.4, -0.2) is 37.3 Å². The first kappa shape index (κ1) is 16.5. The lowest BCUT2D eigenvalue weighted by atomic mass is 10.1. The van der Waals surface area contributed by atoms with Crippen LogP contribution in [0.3, 0.4) is 0 Å². The lowest BCUT2D eigenvalue weighted by molar-refractivity contribution is 0.573. The van der Waals surface area contributed by atoms with Crippen LogP contribution in [-0.2, 0) is 13.0 Å². The summed E-state index contributed by atoms with van der Waals surface area (Å²) in [5, 5.41) is 7.15. The molecular weight excluding hydrogens is 310 g/mol. The molecule has 1 fully saturated rings. The fourth-order valence-electron chi connectivity index (χ4n) is 2.45. The van der Waals surface area contributed by atoms with Crippen LogP contribution in [0.4, 0.5) is 0 Å². The minimum atomic E-state index is 0.140. The molecule has 2 heterocycles. The maximum absolute atomic E-state index is 6.46. The predicted molar refractivity (Wildman–Crippen MR) is 92.1 cm³/mol. The molecule has 0 aromatic carbocycles. The molecule has 4 atom stereocenters.